The van der Waals surface area contributed by atoms with Crippen molar-refractivity contribution < 1.29 is 9.90 Å². The third kappa shape index (κ3) is 3.95. The van der Waals surface area contributed by atoms with Crippen LogP contribution in [0.1, 0.15) is 38.5 Å². The summed E-state index contributed by atoms with van der Waals surface area (Å²) in [6.45, 7) is 2.74. The molecule has 1 aliphatic carbocycles. The zero-order valence-corrected chi connectivity index (χ0v) is 11.4. The molecule has 0 radical (unpaired) electrons. The number of rotatable bonds is 3. The summed E-state index contributed by atoms with van der Waals surface area (Å²) in [6, 6.07) is 0. The Morgan fingerprint density at radius 2 is 2.17 bits per heavy atom. The summed E-state index contributed by atoms with van der Waals surface area (Å²) >= 11 is 0. The topological polar surface area (TPSA) is 52.6 Å². The Morgan fingerprint density at radius 3 is 2.89 bits per heavy atom. The van der Waals surface area contributed by atoms with Crippen molar-refractivity contribution in [2.75, 3.05) is 26.7 Å². The van der Waals surface area contributed by atoms with Crippen molar-refractivity contribution >= 4 is 5.91 Å². The fraction of sp³-hybridized carbons (Fsp3) is 0.929. The van der Waals surface area contributed by atoms with Crippen LogP contribution in [0.4, 0.5) is 0 Å². The number of hydrogen-bond acceptors (Lipinski definition) is 3. The average molecular weight is 254 g/mol. The van der Waals surface area contributed by atoms with Gasteiger partial charge in [0.25, 0.3) is 0 Å². The number of piperidine rings is 1. The van der Waals surface area contributed by atoms with Gasteiger partial charge in [-0.1, -0.05) is 6.42 Å². The van der Waals surface area contributed by atoms with Crippen molar-refractivity contribution in [3.63, 3.8) is 0 Å². The van der Waals surface area contributed by atoms with E-state index in [0.717, 1.165) is 58.2 Å². The molecule has 0 bridgehead atoms. The first-order chi connectivity index (χ1) is 8.65. The van der Waals surface area contributed by atoms with Gasteiger partial charge in [-0.2, -0.15) is 0 Å². The van der Waals surface area contributed by atoms with Gasteiger partial charge in [-0.15, -0.1) is 0 Å². The van der Waals surface area contributed by atoms with E-state index in [4.69, 9.17) is 0 Å². The van der Waals surface area contributed by atoms with Gasteiger partial charge >= 0.3 is 0 Å². The van der Waals surface area contributed by atoms with E-state index in [9.17, 15) is 9.90 Å². The first-order valence-corrected chi connectivity index (χ1v) is 7.29. The summed E-state index contributed by atoms with van der Waals surface area (Å²) in [6.07, 6.45) is 6.00. The minimum absolute atomic E-state index is 0.151. The molecule has 1 amide bonds. The Hall–Kier alpha value is -0.610. The molecule has 1 saturated carbocycles. The molecule has 4 nitrogen and oxygen atoms in total. The standard InChI is InChI=1S/C14H26N2O2/c1-16-7-3-5-12(10-16)14(18)15-9-11-4-2-6-13(17)8-11/h11-13,17H,2-10H2,1H3,(H,15,18). The summed E-state index contributed by atoms with van der Waals surface area (Å²) in [5.74, 6) is 0.845. The zero-order chi connectivity index (χ0) is 13.0. The molecule has 2 N–H and O–H groups in total. The third-order valence-electron chi connectivity index (χ3n) is 4.32. The summed E-state index contributed by atoms with van der Waals surface area (Å²) < 4.78 is 0. The van der Waals surface area contributed by atoms with E-state index in [1.165, 1.54) is 0 Å². The van der Waals surface area contributed by atoms with Crippen molar-refractivity contribution in [1.29, 1.82) is 0 Å². The molecule has 0 aromatic carbocycles. The lowest BCUT2D eigenvalue weighted by molar-refractivity contribution is -0.126. The Labute approximate surface area is 110 Å². The van der Waals surface area contributed by atoms with Crippen molar-refractivity contribution in [3.8, 4) is 0 Å². The molecule has 1 heterocycles. The molecule has 0 aromatic heterocycles. The maximum Gasteiger partial charge on any atom is 0.224 e. The molecule has 2 aliphatic rings. The highest BCUT2D eigenvalue weighted by atomic mass is 16.3. The van der Waals surface area contributed by atoms with Gasteiger partial charge < -0.3 is 15.3 Å². The maximum absolute atomic E-state index is 12.1. The Morgan fingerprint density at radius 1 is 1.33 bits per heavy atom. The van der Waals surface area contributed by atoms with Crippen LogP contribution >= 0.6 is 0 Å². The van der Waals surface area contributed by atoms with Gasteiger partial charge in [-0.3, -0.25) is 4.79 Å². The van der Waals surface area contributed by atoms with Crippen molar-refractivity contribution in [1.82, 2.24) is 10.2 Å². The van der Waals surface area contributed by atoms with E-state index in [1.807, 2.05) is 0 Å². The number of nitrogens with zero attached hydrogens (tertiary/aromatic N) is 1. The molecule has 1 saturated heterocycles. The molecule has 18 heavy (non-hydrogen) atoms. The number of carbonyl (C=O) groups excluding carboxylic acids is 1. The van der Waals surface area contributed by atoms with E-state index < -0.39 is 0 Å². The molecule has 2 fully saturated rings. The first kappa shape index (κ1) is 13.8. The molecule has 2 rings (SSSR count). The van der Waals surface area contributed by atoms with Crippen LogP contribution in [0.15, 0.2) is 0 Å². The molecule has 0 spiro atoms. The number of carbonyl (C=O) groups is 1. The molecule has 3 unspecified atom stereocenters. The molecule has 104 valence electrons. The largest absolute Gasteiger partial charge is 0.393 e. The summed E-state index contributed by atoms with van der Waals surface area (Å²) in [7, 11) is 2.08. The summed E-state index contributed by atoms with van der Waals surface area (Å²) in [5, 5.41) is 12.7. The number of nitrogens with one attached hydrogen (secondary N) is 1. The van der Waals surface area contributed by atoms with Gasteiger partial charge in [0, 0.05) is 13.1 Å². The van der Waals surface area contributed by atoms with Crippen molar-refractivity contribution in [3.05, 3.63) is 0 Å². The molecule has 4 heteroatoms. The number of aliphatic hydroxyl groups excluding tert-OH is 1. The highest BCUT2D eigenvalue weighted by Crippen LogP contribution is 2.23. The van der Waals surface area contributed by atoms with Gasteiger partial charge in [-0.05, 0) is 51.6 Å². The van der Waals surface area contributed by atoms with Crippen molar-refractivity contribution in [2.24, 2.45) is 11.8 Å². The van der Waals surface area contributed by atoms with E-state index >= 15 is 0 Å². The quantitative estimate of drug-likeness (QED) is 0.790. The Balaban J connectivity index is 1.70. The predicted octanol–water partition coefficient (Wildman–Crippen LogP) is 0.995. The normalized spacial score (nSPS) is 34.2. The third-order valence-corrected chi connectivity index (χ3v) is 4.32. The molecule has 1 aliphatic heterocycles. The second-order valence-corrected chi connectivity index (χ2v) is 6.03. The maximum atomic E-state index is 12.1. The van der Waals surface area contributed by atoms with Crippen LogP contribution < -0.4 is 5.32 Å². The number of hydrogen-bond donors (Lipinski definition) is 2. The zero-order valence-electron chi connectivity index (χ0n) is 11.4. The highest BCUT2D eigenvalue weighted by molar-refractivity contribution is 5.78. The lowest BCUT2D eigenvalue weighted by atomic mass is 9.87. The monoisotopic (exact) mass is 254 g/mol. The highest BCUT2D eigenvalue weighted by Gasteiger charge is 2.25. The van der Waals surface area contributed by atoms with Gasteiger partial charge in [0.05, 0.1) is 12.0 Å². The second-order valence-electron chi connectivity index (χ2n) is 6.03. The summed E-state index contributed by atoms with van der Waals surface area (Å²) in [4.78, 5) is 14.3. The predicted molar refractivity (Wildman–Crippen MR) is 71.2 cm³/mol. The van der Waals surface area contributed by atoms with Gasteiger partial charge in [0.2, 0.25) is 5.91 Å². The molecular formula is C14H26N2O2. The minimum Gasteiger partial charge on any atom is -0.393 e. The molecule has 3 atom stereocenters. The Bertz CT molecular complexity index is 283. The van der Waals surface area contributed by atoms with E-state index in [-0.39, 0.29) is 17.9 Å². The van der Waals surface area contributed by atoms with E-state index in [0.29, 0.717) is 5.92 Å². The fourth-order valence-corrected chi connectivity index (χ4v) is 3.22. The van der Waals surface area contributed by atoms with Crippen LogP contribution in [0.3, 0.4) is 0 Å². The smallest absolute Gasteiger partial charge is 0.224 e. The van der Waals surface area contributed by atoms with Gasteiger partial charge in [0.15, 0.2) is 0 Å². The fourth-order valence-electron chi connectivity index (χ4n) is 3.22. The lowest BCUT2D eigenvalue weighted by Gasteiger charge is -2.30. The SMILES string of the molecule is CN1CCCC(C(=O)NCC2CCCC(O)C2)C1. The Kier molecular flexibility index (Phi) is 5.01. The van der Waals surface area contributed by atoms with Crippen LogP contribution in [0.5, 0.6) is 0 Å². The van der Waals surface area contributed by atoms with Crippen LogP contribution in [0.25, 0.3) is 0 Å². The average Bonchev–Trinajstić information content (AvgIpc) is 2.36. The van der Waals surface area contributed by atoms with E-state index in [1.54, 1.807) is 0 Å². The van der Waals surface area contributed by atoms with Gasteiger partial charge in [0.1, 0.15) is 0 Å². The van der Waals surface area contributed by atoms with Crippen LogP contribution in [0, 0.1) is 11.8 Å². The summed E-state index contributed by atoms with van der Waals surface area (Å²) in [5.41, 5.74) is 0. The van der Waals surface area contributed by atoms with Crippen molar-refractivity contribution in [2.45, 2.75) is 44.6 Å². The second kappa shape index (κ2) is 6.53. The van der Waals surface area contributed by atoms with Crippen LogP contribution in [-0.4, -0.2) is 48.7 Å². The van der Waals surface area contributed by atoms with E-state index in [2.05, 4.69) is 17.3 Å². The van der Waals surface area contributed by atoms with Crippen LogP contribution in [-0.2, 0) is 4.79 Å². The first-order valence-electron chi connectivity index (χ1n) is 7.29. The number of amides is 1. The molecular weight excluding hydrogens is 228 g/mol. The number of likely N-dealkylation sites (tertiary alicyclic amines) is 1. The van der Waals surface area contributed by atoms with Crippen LogP contribution in [0.2, 0.25) is 0 Å². The molecule has 0 aromatic rings. The lowest BCUT2D eigenvalue weighted by Crippen LogP contribution is -2.43. The minimum atomic E-state index is -0.151. The van der Waals surface area contributed by atoms with Gasteiger partial charge in [-0.25, -0.2) is 0 Å². The number of aliphatic hydroxyl groups is 1.